The predicted molar refractivity (Wildman–Crippen MR) is 114 cm³/mol. The van der Waals surface area contributed by atoms with Gasteiger partial charge in [-0.25, -0.2) is 0 Å². The number of carbonyl (C=O) groups excluding carboxylic acids is 1. The molecule has 2 unspecified atom stereocenters. The van der Waals surface area contributed by atoms with E-state index in [9.17, 15) is 4.79 Å². The standard InChI is InChI=1S/C20H30BrN5O/c1-3-19(27)26-11-9-17(14-26)24-20(22-2)23-12-15-8-10-25(13-15)18-6-4-16(21)5-7-18/h4-7,15,17H,3,8-14H2,1-2H3,(H2,22,23,24). The summed E-state index contributed by atoms with van der Waals surface area (Å²) in [4.78, 5) is 20.6. The zero-order chi connectivity index (χ0) is 19.2. The lowest BCUT2D eigenvalue weighted by Crippen LogP contribution is -2.46. The lowest BCUT2D eigenvalue weighted by molar-refractivity contribution is -0.129. The summed E-state index contributed by atoms with van der Waals surface area (Å²) in [5, 5.41) is 6.95. The molecule has 2 fully saturated rings. The van der Waals surface area contributed by atoms with Crippen molar-refractivity contribution in [1.82, 2.24) is 15.5 Å². The Morgan fingerprint density at radius 1 is 1.22 bits per heavy atom. The monoisotopic (exact) mass is 435 g/mol. The van der Waals surface area contributed by atoms with Crippen LogP contribution in [0, 0.1) is 5.92 Å². The SMILES string of the molecule is CCC(=O)N1CCC(NC(=NC)NCC2CCN(c3ccc(Br)cc3)C2)C1. The minimum absolute atomic E-state index is 0.237. The van der Waals surface area contributed by atoms with E-state index in [1.54, 1.807) is 0 Å². The summed E-state index contributed by atoms with van der Waals surface area (Å²) in [6.07, 6.45) is 2.74. The van der Waals surface area contributed by atoms with Gasteiger partial charge in [-0.3, -0.25) is 9.79 Å². The van der Waals surface area contributed by atoms with Gasteiger partial charge in [0.25, 0.3) is 0 Å². The van der Waals surface area contributed by atoms with Crippen LogP contribution in [-0.4, -0.2) is 62.6 Å². The molecule has 2 heterocycles. The number of rotatable bonds is 5. The first-order chi connectivity index (χ1) is 13.1. The van der Waals surface area contributed by atoms with Gasteiger partial charge in [0.05, 0.1) is 0 Å². The zero-order valence-electron chi connectivity index (χ0n) is 16.2. The molecule has 0 radical (unpaired) electrons. The second-order valence-electron chi connectivity index (χ2n) is 7.35. The lowest BCUT2D eigenvalue weighted by Gasteiger charge is -2.21. The molecule has 0 saturated carbocycles. The van der Waals surface area contributed by atoms with Crippen molar-refractivity contribution >= 4 is 33.5 Å². The Morgan fingerprint density at radius 3 is 2.70 bits per heavy atom. The number of carbonyl (C=O) groups is 1. The Morgan fingerprint density at radius 2 is 2.00 bits per heavy atom. The first-order valence-electron chi connectivity index (χ1n) is 9.84. The molecule has 7 heteroatoms. The summed E-state index contributed by atoms with van der Waals surface area (Å²) in [5.41, 5.74) is 1.29. The third-order valence-electron chi connectivity index (χ3n) is 5.44. The van der Waals surface area contributed by atoms with Gasteiger partial charge < -0.3 is 20.4 Å². The van der Waals surface area contributed by atoms with Crippen molar-refractivity contribution in [2.45, 2.75) is 32.2 Å². The first kappa shape index (κ1) is 20.0. The molecular formula is C20H30BrN5O. The molecule has 0 spiro atoms. The third-order valence-corrected chi connectivity index (χ3v) is 5.97. The van der Waals surface area contributed by atoms with E-state index in [0.29, 0.717) is 12.3 Å². The van der Waals surface area contributed by atoms with Crippen molar-refractivity contribution in [2.24, 2.45) is 10.9 Å². The van der Waals surface area contributed by atoms with E-state index in [2.05, 4.69) is 60.7 Å². The highest BCUT2D eigenvalue weighted by Gasteiger charge is 2.27. The van der Waals surface area contributed by atoms with Crippen molar-refractivity contribution in [3.63, 3.8) is 0 Å². The van der Waals surface area contributed by atoms with Crippen LogP contribution in [0.4, 0.5) is 5.69 Å². The molecule has 6 nitrogen and oxygen atoms in total. The van der Waals surface area contributed by atoms with Gasteiger partial charge in [-0.1, -0.05) is 22.9 Å². The third kappa shape index (κ3) is 5.37. The number of guanidine groups is 1. The van der Waals surface area contributed by atoms with Crippen LogP contribution in [0.2, 0.25) is 0 Å². The maximum Gasteiger partial charge on any atom is 0.222 e. The van der Waals surface area contributed by atoms with Gasteiger partial charge in [0.15, 0.2) is 5.96 Å². The van der Waals surface area contributed by atoms with Gasteiger partial charge in [-0.05, 0) is 43.0 Å². The second-order valence-corrected chi connectivity index (χ2v) is 8.27. The summed E-state index contributed by atoms with van der Waals surface area (Å²) in [6, 6.07) is 8.82. The average molecular weight is 436 g/mol. The average Bonchev–Trinajstić information content (AvgIpc) is 3.34. The number of likely N-dealkylation sites (tertiary alicyclic amines) is 1. The Balaban J connectivity index is 1.42. The van der Waals surface area contributed by atoms with Gasteiger partial charge in [0, 0.05) is 62.4 Å². The number of anilines is 1. The van der Waals surface area contributed by atoms with Crippen LogP contribution in [0.15, 0.2) is 33.7 Å². The van der Waals surface area contributed by atoms with Crippen molar-refractivity contribution in [3.05, 3.63) is 28.7 Å². The maximum absolute atomic E-state index is 11.8. The number of nitrogens with one attached hydrogen (secondary N) is 2. The van der Waals surface area contributed by atoms with Gasteiger partial charge in [-0.15, -0.1) is 0 Å². The molecule has 2 aliphatic heterocycles. The van der Waals surface area contributed by atoms with Crippen molar-refractivity contribution < 1.29 is 4.79 Å². The highest BCUT2D eigenvalue weighted by molar-refractivity contribution is 9.10. The van der Waals surface area contributed by atoms with E-state index in [1.807, 2.05) is 18.9 Å². The van der Waals surface area contributed by atoms with Crippen molar-refractivity contribution in [3.8, 4) is 0 Å². The first-order valence-corrected chi connectivity index (χ1v) is 10.6. The summed E-state index contributed by atoms with van der Waals surface area (Å²) in [5.74, 6) is 1.68. The fraction of sp³-hybridized carbons (Fsp3) is 0.600. The van der Waals surface area contributed by atoms with Crippen LogP contribution in [-0.2, 0) is 4.79 Å². The zero-order valence-corrected chi connectivity index (χ0v) is 17.8. The summed E-state index contributed by atoms with van der Waals surface area (Å²) < 4.78 is 1.12. The fourth-order valence-corrected chi connectivity index (χ4v) is 4.11. The van der Waals surface area contributed by atoms with Gasteiger partial charge in [0.2, 0.25) is 5.91 Å². The van der Waals surface area contributed by atoms with Crippen LogP contribution in [0.25, 0.3) is 0 Å². The fourth-order valence-electron chi connectivity index (χ4n) is 3.84. The van der Waals surface area contributed by atoms with E-state index >= 15 is 0 Å². The summed E-state index contributed by atoms with van der Waals surface area (Å²) >= 11 is 3.50. The second kappa shape index (κ2) is 9.44. The Bertz CT molecular complexity index is 663. The molecule has 1 aromatic rings. The van der Waals surface area contributed by atoms with Crippen LogP contribution in [0.1, 0.15) is 26.2 Å². The van der Waals surface area contributed by atoms with E-state index in [-0.39, 0.29) is 11.9 Å². The molecule has 2 saturated heterocycles. The van der Waals surface area contributed by atoms with E-state index < -0.39 is 0 Å². The number of hydrogen-bond donors (Lipinski definition) is 2. The normalized spacial score (nSPS) is 23.0. The highest BCUT2D eigenvalue weighted by Crippen LogP contribution is 2.25. The molecule has 0 aliphatic carbocycles. The quantitative estimate of drug-likeness (QED) is 0.550. The number of halogens is 1. The number of benzene rings is 1. The van der Waals surface area contributed by atoms with E-state index in [4.69, 9.17) is 0 Å². The largest absolute Gasteiger partial charge is 0.371 e. The molecule has 0 aromatic heterocycles. The van der Waals surface area contributed by atoms with E-state index in [1.165, 1.54) is 12.1 Å². The lowest BCUT2D eigenvalue weighted by atomic mass is 10.1. The Kier molecular flexibility index (Phi) is 6.99. The Hall–Kier alpha value is -1.76. The minimum atomic E-state index is 0.237. The van der Waals surface area contributed by atoms with Crippen LogP contribution in [0.5, 0.6) is 0 Å². The molecule has 1 aromatic carbocycles. The van der Waals surface area contributed by atoms with Crippen LogP contribution < -0.4 is 15.5 Å². The smallest absolute Gasteiger partial charge is 0.222 e. The molecular weight excluding hydrogens is 406 g/mol. The number of aliphatic imine (C=N–C) groups is 1. The number of amides is 1. The molecule has 2 atom stereocenters. The molecule has 0 bridgehead atoms. The maximum atomic E-state index is 11.8. The molecule has 3 rings (SSSR count). The summed E-state index contributed by atoms with van der Waals surface area (Å²) in [7, 11) is 1.81. The van der Waals surface area contributed by atoms with Crippen LogP contribution in [0.3, 0.4) is 0 Å². The van der Waals surface area contributed by atoms with Crippen LogP contribution >= 0.6 is 15.9 Å². The molecule has 1 amide bonds. The number of nitrogens with zero attached hydrogens (tertiary/aromatic N) is 3. The van der Waals surface area contributed by atoms with Gasteiger partial charge >= 0.3 is 0 Å². The summed E-state index contributed by atoms with van der Waals surface area (Å²) in [6.45, 7) is 6.60. The van der Waals surface area contributed by atoms with E-state index in [0.717, 1.165) is 49.6 Å². The molecule has 148 valence electrons. The highest BCUT2D eigenvalue weighted by atomic mass is 79.9. The number of hydrogen-bond acceptors (Lipinski definition) is 3. The minimum Gasteiger partial charge on any atom is -0.371 e. The van der Waals surface area contributed by atoms with Gasteiger partial charge in [-0.2, -0.15) is 0 Å². The van der Waals surface area contributed by atoms with Crippen molar-refractivity contribution in [2.75, 3.05) is 44.7 Å². The predicted octanol–water partition coefficient (Wildman–Crippen LogP) is 2.45. The molecule has 27 heavy (non-hydrogen) atoms. The molecule has 2 aliphatic rings. The topological polar surface area (TPSA) is 60.0 Å². The molecule has 2 N–H and O–H groups in total. The van der Waals surface area contributed by atoms with Crippen molar-refractivity contribution in [1.29, 1.82) is 0 Å². The Labute approximate surface area is 170 Å². The van der Waals surface area contributed by atoms with Gasteiger partial charge in [0.1, 0.15) is 0 Å².